The summed E-state index contributed by atoms with van der Waals surface area (Å²) in [4.78, 5) is 27.3. The summed E-state index contributed by atoms with van der Waals surface area (Å²) in [7, 11) is 3.89. The van der Waals surface area contributed by atoms with Gasteiger partial charge in [0.15, 0.2) is 5.58 Å². The number of oxazole rings is 1. The number of hydrogen-bond donors (Lipinski definition) is 1. The first-order valence-corrected chi connectivity index (χ1v) is 10.2. The molecule has 0 spiro atoms. The number of rotatable bonds is 7. The number of carbonyl (C=O) groups excluding carboxylic acids is 1. The molecule has 0 aliphatic carbocycles. The van der Waals surface area contributed by atoms with Crippen LogP contribution >= 0.6 is 27.7 Å². The van der Waals surface area contributed by atoms with Crippen molar-refractivity contribution in [3.63, 3.8) is 0 Å². The highest BCUT2D eigenvalue weighted by atomic mass is 79.9. The summed E-state index contributed by atoms with van der Waals surface area (Å²) in [5.74, 6) is -0.188. The molecule has 142 valence electrons. The molecule has 3 rings (SSSR count). The zero-order valence-electron chi connectivity index (χ0n) is 15.1. The molecule has 0 saturated heterocycles. The highest BCUT2D eigenvalue weighted by molar-refractivity contribution is 9.10. The molecule has 0 radical (unpaired) electrons. The number of amides is 1. The maximum absolute atomic E-state index is 12.3. The zero-order chi connectivity index (χ0) is 19.4. The van der Waals surface area contributed by atoms with Crippen molar-refractivity contribution in [2.24, 2.45) is 0 Å². The fraction of sp³-hybridized carbons (Fsp3) is 0.263. The lowest BCUT2D eigenvalue weighted by atomic mass is 10.2. The average molecular weight is 450 g/mol. The van der Waals surface area contributed by atoms with E-state index in [2.05, 4.69) is 21.2 Å². The molecule has 2 aromatic carbocycles. The van der Waals surface area contributed by atoms with Gasteiger partial charge < -0.3 is 14.6 Å². The third-order valence-corrected chi connectivity index (χ3v) is 5.45. The molecule has 1 aromatic heterocycles. The third kappa shape index (κ3) is 5.24. The van der Waals surface area contributed by atoms with Crippen LogP contribution in [0, 0.1) is 0 Å². The van der Waals surface area contributed by atoms with E-state index in [1.807, 2.05) is 43.3 Å². The molecule has 0 bridgehead atoms. The summed E-state index contributed by atoms with van der Waals surface area (Å²) in [5, 5.41) is 2.88. The number of fused-ring (bicyclic) bond motifs is 1. The molecule has 0 fully saturated rings. The number of halogens is 1. The minimum Gasteiger partial charge on any atom is -0.408 e. The summed E-state index contributed by atoms with van der Waals surface area (Å²) in [5.41, 5.74) is 1.84. The summed E-state index contributed by atoms with van der Waals surface area (Å²) in [6, 6.07) is 13.0. The van der Waals surface area contributed by atoms with Gasteiger partial charge in [0.2, 0.25) is 5.91 Å². The van der Waals surface area contributed by atoms with Crippen LogP contribution in [0.1, 0.15) is 0 Å². The highest BCUT2D eigenvalue weighted by Gasteiger charge is 2.11. The van der Waals surface area contributed by atoms with Crippen LogP contribution in [-0.2, 0) is 11.3 Å². The van der Waals surface area contributed by atoms with Crippen molar-refractivity contribution in [3.05, 3.63) is 57.5 Å². The van der Waals surface area contributed by atoms with Crippen LogP contribution in [0.15, 0.2) is 61.0 Å². The van der Waals surface area contributed by atoms with Crippen molar-refractivity contribution in [2.75, 3.05) is 31.7 Å². The molecule has 8 heteroatoms. The average Bonchev–Trinajstić information content (AvgIpc) is 2.94. The Hall–Kier alpha value is -2.03. The monoisotopic (exact) mass is 449 g/mol. The van der Waals surface area contributed by atoms with Gasteiger partial charge in [-0.2, -0.15) is 0 Å². The zero-order valence-corrected chi connectivity index (χ0v) is 17.5. The van der Waals surface area contributed by atoms with Crippen LogP contribution in [0.5, 0.6) is 0 Å². The Labute approximate surface area is 169 Å². The Balaban J connectivity index is 1.68. The molecular weight excluding hydrogens is 430 g/mol. The van der Waals surface area contributed by atoms with Gasteiger partial charge in [0.05, 0.1) is 11.3 Å². The van der Waals surface area contributed by atoms with E-state index in [0.29, 0.717) is 29.1 Å². The standard InChI is InChI=1S/C19H20BrN3O3S/c1-22(2)9-10-23-16-11-14(5-8-17(16)26-19(23)25)21-18(24)12-27-15-6-3-13(20)4-7-15/h3-8,11H,9-10,12H2,1-2H3,(H,21,24). The Morgan fingerprint density at radius 1 is 1.22 bits per heavy atom. The maximum atomic E-state index is 12.3. The number of aromatic nitrogens is 1. The van der Waals surface area contributed by atoms with Gasteiger partial charge in [-0.3, -0.25) is 9.36 Å². The largest absolute Gasteiger partial charge is 0.419 e. The molecule has 1 amide bonds. The van der Waals surface area contributed by atoms with Crippen LogP contribution in [-0.4, -0.2) is 41.8 Å². The molecule has 3 aromatic rings. The number of nitrogens with one attached hydrogen (secondary N) is 1. The van der Waals surface area contributed by atoms with Crippen molar-refractivity contribution in [1.29, 1.82) is 0 Å². The summed E-state index contributed by atoms with van der Waals surface area (Å²) in [6.07, 6.45) is 0. The van der Waals surface area contributed by atoms with Crippen LogP contribution in [0.2, 0.25) is 0 Å². The van der Waals surface area contributed by atoms with Crippen molar-refractivity contribution >= 4 is 50.4 Å². The Bertz CT molecular complexity index is 996. The second-order valence-electron chi connectivity index (χ2n) is 6.30. The van der Waals surface area contributed by atoms with Crippen molar-refractivity contribution in [2.45, 2.75) is 11.4 Å². The number of anilines is 1. The molecule has 0 unspecified atom stereocenters. The first-order chi connectivity index (χ1) is 12.9. The molecule has 6 nitrogen and oxygen atoms in total. The molecular formula is C19H20BrN3O3S. The number of benzene rings is 2. The fourth-order valence-corrected chi connectivity index (χ4v) is 3.49. The first-order valence-electron chi connectivity index (χ1n) is 8.39. The first kappa shape index (κ1) is 19.7. The van der Waals surface area contributed by atoms with Crippen LogP contribution < -0.4 is 11.1 Å². The number of hydrogen-bond acceptors (Lipinski definition) is 5. The molecule has 0 aliphatic heterocycles. The normalized spacial score (nSPS) is 11.3. The van der Waals surface area contributed by atoms with E-state index >= 15 is 0 Å². The predicted octanol–water partition coefficient (Wildman–Crippen LogP) is 3.65. The lowest BCUT2D eigenvalue weighted by Gasteiger charge is -2.10. The van der Waals surface area contributed by atoms with E-state index in [-0.39, 0.29) is 11.7 Å². The van der Waals surface area contributed by atoms with E-state index in [4.69, 9.17) is 4.42 Å². The summed E-state index contributed by atoms with van der Waals surface area (Å²) >= 11 is 4.86. The maximum Gasteiger partial charge on any atom is 0.419 e. The fourth-order valence-electron chi connectivity index (χ4n) is 2.53. The molecule has 0 atom stereocenters. The number of nitrogens with zero attached hydrogens (tertiary/aromatic N) is 2. The van der Waals surface area contributed by atoms with Gasteiger partial charge in [-0.1, -0.05) is 15.9 Å². The molecule has 27 heavy (non-hydrogen) atoms. The van der Waals surface area contributed by atoms with Gasteiger partial charge in [-0.05, 0) is 56.6 Å². The number of thioether (sulfide) groups is 1. The lowest BCUT2D eigenvalue weighted by molar-refractivity contribution is -0.113. The topological polar surface area (TPSA) is 67.5 Å². The smallest absolute Gasteiger partial charge is 0.408 e. The van der Waals surface area contributed by atoms with E-state index in [0.717, 1.165) is 15.9 Å². The van der Waals surface area contributed by atoms with Crippen molar-refractivity contribution in [1.82, 2.24) is 9.47 Å². The SMILES string of the molecule is CN(C)CCn1c(=O)oc2ccc(NC(=O)CSc3ccc(Br)cc3)cc21. The van der Waals surface area contributed by atoms with Gasteiger partial charge >= 0.3 is 5.76 Å². The highest BCUT2D eigenvalue weighted by Crippen LogP contribution is 2.22. The lowest BCUT2D eigenvalue weighted by Crippen LogP contribution is -2.23. The second-order valence-corrected chi connectivity index (χ2v) is 8.26. The van der Waals surface area contributed by atoms with Gasteiger partial charge in [-0.25, -0.2) is 4.79 Å². The third-order valence-electron chi connectivity index (χ3n) is 3.91. The van der Waals surface area contributed by atoms with E-state index in [1.165, 1.54) is 11.8 Å². The number of carbonyl (C=O) groups is 1. The Kier molecular flexibility index (Phi) is 6.41. The van der Waals surface area contributed by atoms with Crippen LogP contribution in [0.4, 0.5) is 5.69 Å². The minimum absolute atomic E-state index is 0.104. The van der Waals surface area contributed by atoms with Gasteiger partial charge in [0.1, 0.15) is 0 Å². The Morgan fingerprint density at radius 3 is 2.67 bits per heavy atom. The van der Waals surface area contributed by atoms with Gasteiger partial charge in [-0.15, -0.1) is 11.8 Å². The van der Waals surface area contributed by atoms with Crippen molar-refractivity contribution in [3.8, 4) is 0 Å². The minimum atomic E-state index is -0.388. The molecule has 1 N–H and O–H groups in total. The predicted molar refractivity (Wildman–Crippen MR) is 113 cm³/mol. The number of likely N-dealkylation sites (N-methyl/N-ethyl adjacent to an activating group) is 1. The van der Waals surface area contributed by atoms with E-state index in [1.54, 1.807) is 22.8 Å². The van der Waals surface area contributed by atoms with Gasteiger partial charge in [0.25, 0.3) is 0 Å². The van der Waals surface area contributed by atoms with Crippen molar-refractivity contribution < 1.29 is 9.21 Å². The van der Waals surface area contributed by atoms with Crippen LogP contribution in [0.3, 0.4) is 0 Å². The summed E-state index contributed by atoms with van der Waals surface area (Å²) < 4.78 is 7.86. The Morgan fingerprint density at radius 2 is 1.96 bits per heavy atom. The molecule has 1 heterocycles. The van der Waals surface area contributed by atoms with Crippen LogP contribution in [0.25, 0.3) is 11.1 Å². The quantitative estimate of drug-likeness (QED) is 0.557. The van der Waals surface area contributed by atoms with Gasteiger partial charge in [0, 0.05) is 28.1 Å². The molecule has 0 saturated carbocycles. The molecule has 0 aliphatic rings. The summed E-state index contributed by atoms with van der Waals surface area (Å²) in [6.45, 7) is 1.24. The van der Waals surface area contributed by atoms with E-state index < -0.39 is 0 Å². The second kappa shape index (κ2) is 8.77. The van der Waals surface area contributed by atoms with E-state index in [9.17, 15) is 9.59 Å².